The van der Waals surface area contributed by atoms with E-state index < -0.39 is 0 Å². The summed E-state index contributed by atoms with van der Waals surface area (Å²) in [5.41, 5.74) is 3.22. The summed E-state index contributed by atoms with van der Waals surface area (Å²) < 4.78 is 4.91. The van der Waals surface area contributed by atoms with E-state index in [0.717, 1.165) is 5.56 Å². The number of carbonyl (C=O) groups is 2. The fraction of sp³-hybridized carbons (Fsp3) is 0.158. The van der Waals surface area contributed by atoms with Gasteiger partial charge in [-0.05, 0) is 49.8 Å². The first kappa shape index (κ1) is 16.5. The second-order valence-electron chi connectivity index (χ2n) is 5.03. The molecule has 0 bridgehead atoms. The molecule has 0 atom stereocenters. The first-order chi connectivity index (χ1) is 11.1. The lowest BCUT2D eigenvalue weighted by atomic mass is 10.1. The summed E-state index contributed by atoms with van der Waals surface area (Å²) in [6.45, 7) is 4.11. The number of esters is 1. The van der Waals surface area contributed by atoms with Crippen LogP contribution < -0.4 is 5.32 Å². The van der Waals surface area contributed by atoms with E-state index in [1.807, 2.05) is 31.2 Å². The van der Waals surface area contributed by atoms with E-state index in [1.165, 1.54) is 11.6 Å². The van der Waals surface area contributed by atoms with Crippen molar-refractivity contribution in [1.29, 1.82) is 0 Å². The van der Waals surface area contributed by atoms with Crippen LogP contribution in [0.15, 0.2) is 54.6 Å². The van der Waals surface area contributed by atoms with Crippen LogP contribution in [0.3, 0.4) is 0 Å². The molecule has 4 heteroatoms. The number of nitrogens with one attached hydrogen (secondary N) is 1. The maximum Gasteiger partial charge on any atom is 0.338 e. The molecule has 0 aromatic heterocycles. The third kappa shape index (κ3) is 5.11. The largest absolute Gasteiger partial charge is 0.462 e. The standard InChI is InChI=1S/C19H19NO3/c1-3-23-19(22)16-9-11-17(12-10-16)20-18(21)13-8-15-6-4-14(2)5-7-15/h4-13H,3H2,1-2H3,(H,20,21). The van der Waals surface area contributed by atoms with Crippen LogP contribution in [0.1, 0.15) is 28.4 Å². The highest BCUT2D eigenvalue weighted by molar-refractivity contribution is 6.02. The number of hydrogen-bond donors (Lipinski definition) is 1. The molecule has 0 aliphatic heterocycles. The molecule has 2 aromatic carbocycles. The minimum absolute atomic E-state index is 0.227. The second kappa shape index (κ2) is 7.94. The van der Waals surface area contributed by atoms with Gasteiger partial charge in [0, 0.05) is 11.8 Å². The van der Waals surface area contributed by atoms with Gasteiger partial charge in [0.15, 0.2) is 0 Å². The third-order valence-electron chi connectivity index (χ3n) is 3.17. The Morgan fingerprint density at radius 2 is 1.70 bits per heavy atom. The van der Waals surface area contributed by atoms with E-state index in [2.05, 4.69) is 5.32 Å². The summed E-state index contributed by atoms with van der Waals surface area (Å²) in [5, 5.41) is 2.74. The minimum Gasteiger partial charge on any atom is -0.462 e. The number of anilines is 1. The number of amides is 1. The van der Waals surface area contributed by atoms with Gasteiger partial charge in [0.1, 0.15) is 0 Å². The molecule has 0 heterocycles. The van der Waals surface area contributed by atoms with Crippen LogP contribution in [0.25, 0.3) is 6.08 Å². The minimum atomic E-state index is -0.371. The molecular weight excluding hydrogens is 290 g/mol. The second-order valence-corrected chi connectivity index (χ2v) is 5.03. The van der Waals surface area contributed by atoms with Crippen molar-refractivity contribution in [3.63, 3.8) is 0 Å². The molecule has 0 fully saturated rings. The number of ether oxygens (including phenoxy) is 1. The Hall–Kier alpha value is -2.88. The fourth-order valence-electron chi connectivity index (χ4n) is 1.94. The molecule has 23 heavy (non-hydrogen) atoms. The van der Waals surface area contributed by atoms with E-state index in [4.69, 9.17) is 4.74 Å². The average molecular weight is 309 g/mol. The number of aryl methyl sites for hydroxylation is 1. The monoisotopic (exact) mass is 309 g/mol. The van der Waals surface area contributed by atoms with E-state index >= 15 is 0 Å². The Morgan fingerprint density at radius 1 is 1.04 bits per heavy atom. The van der Waals surface area contributed by atoms with Crippen molar-refractivity contribution in [2.45, 2.75) is 13.8 Å². The zero-order valence-corrected chi connectivity index (χ0v) is 13.2. The van der Waals surface area contributed by atoms with Crippen molar-refractivity contribution in [1.82, 2.24) is 0 Å². The zero-order chi connectivity index (χ0) is 16.7. The van der Waals surface area contributed by atoms with Crippen LogP contribution in [-0.4, -0.2) is 18.5 Å². The molecule has 0 unspecified atom stereocenters. The van der Waals surface area contributed by atoms with Crippen LogP contribution in [-0.2, 0) is 9.53 Å². The van der Waals surface area contributed by atoms with E-state index in [9.17, 15) is 9.59 Å². The molecule has 0 aliphatic rings. The van der Waals surface area contributed by atoms with Gasteiger partial charge in [-0.15, -0.1) is 0 Å². The molecule has 1 amide bonds. The molecule has 4 nitrogen and oxygen atoms in total. The number of carbonyl (C=O) groups excluding carboxylic acids is 2. The van der Waals surface area contributed by atoms with Crippen LogP contribution in [0, 0.1) is 6.92 Å². The van der Waals surface area contributed by atoms with Crippen molar-refractivity contribution in [3.8, 4) is 0 Å². The van der Waals surface area contributed by atoms with Gasteiger partial charge >= 0.3 is 5.97 Å². The molecular formula is C19H19NO3. The fourth-order valence-corrected chi connectivity index (χ4v) is 1.94. The van der Waals surface area contributed by atoms with Gasteiger partial charge in [-0.1, -0.05) is 29.8 Å². The summed E-state index contributed by atoms with van der Waals surface area (Å²) in [6, 6.07) is 14.5. The van der Waals surface area contributed by atoms with Crippen LogP contribution >= 0.6 is 0 Å². The molecule has 0 spiro atoms. The smallest absolute Gasteiger partial charge is 0.338 e. The van der Waals surface area contributed by atoms with E-state index in [1.54, 1.807) is 37.3 Å². The third-order valence-corrected chi connectivity index (χ3v) is 3.17. The Labute approximate surface area is 135 Å². The molecule has 1 N–H and O–H groups in total. The number of hydrogen-bond acceptors (Lipinski definition) is 3. The highest BCUT2D eigenvalue weighted by Crippen LogP contribution is 2.11. The Kier molecular flexibility index (Phi) is 5.69. The van der Waals surface area contributed by atoms with Gasteiger partial charge in [0.25, 0.3) is 0 Å². The van der Waals surface area contributed by atoms with E-state index in [-0.39, 0.29) is 11.9 Å². The molecule has 118 valence electrons. The lowest BCUT2D eigenvalue weighted by Crippen LogP contribution is -2.08. The van der Waals surface area contributed by atoms with Crippen molar-refractivity contribution in [2.75, 3.05) is 11.9 Å². The summed E-state index contributed by atoms with van der Waals surface area (Å²) in [5.74, 6) is -0.598. The highest BCUT2D eigenvalue weighted by Gasteiger charge is 2.06. The average Bonchev–Trinajstić information content (AvgIpc) is 2.55. The zero-order valence-electron chi connectivity index (χ0n) is 13.2. The maximum absolute atomic E-state index is 11.9. The van der Waals surface area contributed by atoms with Crippen molar-refractivity contribution in [2.24, 2.45) is 0 Å². The normalized spacial score (nSPS) is 10.5. The van der Waals surface area contributed by atoms with Crippen LogP contribution in [0.5, 0.6) is 0 Å². The Morgan fingerprint density at radius 3 is 2.30 bits per heavy atom. The van der Waals surface area contributed by atoms with Gasteiger partial charge in [-0.25, -0.2) is 4.79 Å². The molecule has 0 radical (unpaired) electrons. The number of benzene rings is 2. The summed E-state index contributed by atoms with van der Waals surface area (Å²) >= 11 is 0. The van der Waals surface area contributed by atoms with Crippen molar-refractivity contribution in [3.05, 3.63) is 71.3 Å². The molecule has 2 aromatic rings. The first-order valence-electron chi connectivity index (χ1n) is 7.41. The molecule has 0 aliphatic carbocycles. The number of rotatable bonds is 5. The molecule has 2 rings (SSSR count). The Balaban J connectivity index is 1.94. The quantitative estimate of drug-likeness (QED) is 0.674. The Bertz CT molecular complexity index is 700. The summed E-state index contributed by atoms with van der Waals surface area (Å²) in [6.07, 6.45) is 3.23. The summed E-state index contributed by atoms with van der Waals surface area (Å²) in [7, 11) is 0. The van der Waals surface area contributed by atoms with Gasteiger partial charge in [-0.3, -0.25) is 4.79 Å². The maximum atomic E-state index is 11.9. The predicted molar refractivity (Wildman–Crippen MR) is 91.2 cm³/mol. The van der Waals surface area contributed by atoms with Crippen molar-refractivity contribution >= 4 is 23.6 Å². The van der Waals surface area contributed by atoms with Crippen molar-refractivity contribution < 1.29 is 14.3 Å². The van der Waals surface area contributed by atoms with Gasteiger partial charge in [-0.2, -0.15) is 0 Å². The topological polar surface area (TPSA) is 55.4 Å². The SMILES string of the molecule is CCOC(=O)c1ccc(NC(=O)C=Cc2ccc(C)cc2)cc1. The van der Waals surface area contributed by atoms with Gasteiger partial charge < -0.3 is 10.1 Å². The van der Waals surface area contributed by atoms with Crippen LogP contribution in [0.4, 0.5) is 5.69 Å². The lowest BCUT2D eigenvalue weighted by Gasteiger charge is -2.04. The van der Waals surface area contributed by atoms with Crippen LogP contribution in [0.2, 0.25) is 0 Å². The highest BCUT2D eigenvalue weighted by atomic mass is 16.5. The molecule has 0 saturated carbocycles. The lowest BCUT2D eigenvalue weighted by molar-refractivity contribution is -0.111. The van der Waals surface area contributed by atoms with Gasteiger partial charge in [0.2, 0.25) is 5.91 Å². The summed E-state index contributed by atoms with van der Waals surface area (Å²) in [4.78, 5) is 23.4. The molecule has 0 saturated heterocycles. The van der Waals surface area contributed by atoms with E-state index in [0.29, 0.717) is 17.9 Å². The predicted octanol–water partition coefficient (Wildman–Crippen LogP) is 3.82. The van der Waals surface area contributed by atoms with Gasteiger partial charge in [0.05, 0.1) is 12.2 Å². The first-order valence-corrected chi connectivity index (χ1v) is 7.41.